The number of nitrogens with one attached hydrogen (secondary N) is 4. The molecule has 1 saturated heterocycles. The summed E-state index contributed by atoms with van der Waals surface area (Å²) < 4.78 is 0. The number of thioether (sulfide) groups is 1. The third-order valence-corrected chi connectivity index (χ3v) is 7.17. The maximum Gasteiger partial charge on any atom is 0.326 e. The van der Waals surface area contributed by atoms with Crippen molar-refractivity contribution in [1.29, 1.82) is 0 Å². The van der Waals surface area contributed by atoms with Crippen LogP contribution in [0, 0.1) is 0 Å². The lowest BCUT2D eigenvalue weighted by atomic mass is 10.0. The number of aromatic hydroxyl groups is 1. The SMILES string of the molecule is CSCCC(NC(=O)C(Cc1ccc(O)cc1)NC(=O)C(Cc1ccccc1)NC(=O)C1CCCN1)C(=O)O. The monoisotopic (exact) mass is 556 g/mol. The summed E-state index contributed by atoms with van der Waals surface area (Å²) in [6.45, 7) is 0.726. The van der Waals surface area contributed by atoms with Gasteiger partial charge in [0, 0.05) is 12.8 Å². The highest BCUT2D eigenvalue weighted by molar-refractivity contribution is 7.98. The number of aliphatic carboxylic acids is 1. The van der Waals surface area contributed by atoms with E-state index >= 15 is 0 Å². The molecule has 0 aliphatic carbocycles. The number of carbonyl (C=O) groups is 4. The molecule has 1 heterocycles. The minimum atomic E-state index is -1.16. The molecular weight excluding hydrogens is 520 g/mol. The van der Waals surface area contributed by atoms with Crippen LogP contribution in [0.25, 0.3) is 0 Å². The largest absolute Gasteiger partial charge is 0.508 e. The third-order valence-electron chi connectivity index (χ3n) is 6.53. The molecule has 10 nitrogen and oxygen atoms in total. The van der Waals surface area contributed by atoms with Gasteiger partial charge in [0.1, 0.15) is 23.9 Å². The van der Waals surface area contributed by atoms with Crippen LogP contribution in [-0.2, 0) is 32.0 Å². The number of hydrogen-bond acceptors (Lipinski definition) is 7. The van der Waals surface area contributed by atoms with Crippen molar-refractivity contribution in [2.75, 3.05) is 18.6 Å². The second-order valence-electron chi connectivity index (χ2n) is 9.51. The van der Waals surface area contributed by atoms with E-state index in [1.165, 1.54) is 23.9 Å². The van der Waals surface area contributed by atoms with Crippen molar-refractivity contribution in [3.8, 4) is 5.75 Å². The summed E-state index contributed by atoms with van der Waals surface area (Å²) in [4.78, 5) is 51.5. The minimum absolute atomic E-state index is 0.0537. The summed E-state index contributed by atoms with van der Waals surface area (Å²) in [6, 6.07) is 11.9. The van der Waals surface area contributed by atoms with Crippen LogP contribution in [0.5, 0.6) is 5.75 Å². The van der Waals surface area contributed by atoms with E-state index in [9.17, 15) is 29.4 Å². The molecule has 6 N–H and O–H groups in total. The van der Waals surface area contributed by atoms with Gasteiger partial charge in [0.05, 0.1) is 6.04 Å². The summed E-state index contributed by atoms with van der Waals surface area (Å²) in [5.74, 6) is -2.06. The van der Waals surface area contributed by atoms with E-state index in [1.807, 2.05) is 36.6 Å². The number of carboxylic acid groups (broad SMARTS) is 1. The Bertz CT molecular complexity index is 1110. The highest BCUT2D eigenvalue weighted by atomic mass is 32.2. The number of carboxylic acids is 1. The van der Waals surface area contributed by atoms with E-state index in [0.717, 1.165) is 18.5 Å². The van der Waals surface area contributed by atoms with Gasteiger partial charge < -0.3 is 31.5 Å². The van der Waals surface area contributed by atoms with E-state index in [4.69, 9.17) is 0 Å². The van der Waals surface area contributed by atoms with Gasteiger partial charge in [0.2, 0.25) is 17.7 Å². The first-order chi connectivity index (χ1) is 18.8. The molecule has 0 bridgehead atoms. The van der Waals surface area contributed by atoms with Crippen molar-refractivity contribution in [3.05, 3.63) is 65.7 Å². The summed E-state index contributed by atoms with van der Waals surface area (Å²) >= 11 is 1.46. The number of rotatable bonds is 14. The van der Waals surface area contributed by atoms with E-state index in [2.05, 4.69) is 21.3 Å². The topological polar surface area (TPSA) is 157 Å². The standard InChI is InChI=1S/C28H36N4O6S/c1-39-15-13-22(28(37)38)30-26(35)24(17-19-9-11-20(33)12-10-19)32-27(36)23(16-18-6-3-2-4-7-18)31-25(34)21-8-5-14-29-21/h2-4,6-7,9-12,21-24,29,33H,5,8,13-17H2,1H3,(H,30,35)(H,31,34)(H,32,36)(H,37,38). The smallest absolute Gasteiger partial charge is 0.326 e. The normalized spacial score (nSPS) is 17.0. The van der Waals surface area contributed by atoms with Crippen LogP contribution < -0.4 is 21.3 Å². The van der Waals surface area contributed by atoms with E-state index in [0.29, 0.717) is 17.7 Å². The Morgan fingerprint density at radius 2 is 1.49 bits per heavy atom. The molecule has 4 atom stereocenters. The second-order valence-corrected chi connectivity index (χ2v) is 10.5. The van der Waals surface area contributed by atoms with Gasteiger partial charge in [-0.2, -0.15) is 11.8 Å². The summed E-state index contributed by atoms with van der Waals surface area (Å²) in [5, 5.41) is 30.5. The van der Waals surface area contributed by atoms with E-state index in [1.54, 1.807) is 12.1 Å². The van der Waals surface area contributed by atoms with Gasteiger partial charge in [0.25, 0.3) is 0 Å². The average Bonchev–Trinajstić information content (AvgIpc) is 3.47. The predicted octanol–water partition coefficient (Wildman–Crippen LogP) is 1.22. The number of hydrogen-bond donors (Lipinski definition) is 6. The fraction of sp³-hybridized carbons (Fsp3) is 0.429. The van der Waals surface area contributed by atoms with Crippen molar-refractivity contribution in [2.45, 2.75) is 56.3 Å². The Kier molecular flexibility index (Phi) is 11.6. The van der Waals surface area contributed by atoms with Crippen LogP contribution in [0.3, 0.4) is 0 Å². The fourth-order valence-electron chi connectivity index (χ4n) is 4.35. The highest BCUT2D eigenvalue weighted by Gasteiger charge is 2.31. The molecule has 11 heteroatoms. The van der Waals surface area contributed by atoms with Gasteiger partial charge in [-0.05, 0) is 61.1 Å². The number of benzene rings is 2. The lowest BCUT2D eigenvalue weighted by Crippen LogP contribution is -2.58. The van der Waals surface area contributed by atoms with Crippen LogP contribution >= 0.6 is 11.8 Å². The van der Waals surface area contributed by atoms with Gasteiger partial charge in [-0.25, -0.2) is 4.79 Å². The van der Waals surface area contributed by atoms with Crippen LogP contribution in [0.15, 0.2) is 54.6 Å². The second kappa shape index (κ2) is 15.1. The third kappa shape index (κ3) is 9.60. The van der Waals surface area contributed by atoms with E-state index < -0.39 is 35.9 Å². The number of phenolic OH excluding ortho intramolecular Hbond substituents is 1. The molecule has 1 fully saturated rings. The molecule has 210 valence electrons. The molecule has 3 rings (SSSR count). The number of carbonyl (C=O) groups excluding carboxylic acids is 3. The maximum atomic E-state index is 13.6. The van der Waals surface area contributed by atoms with Crippen molar-refractivity contribution in [1.82, 2.24) is 21.3 Å². The van der Waals surface area contributed by atoms with Gasteiger partial charge in [-0.15, -0.1) is 0 Å². The Hall–Kier alpha value is -3.57. The van der Waals surface area contributed by atoms with Crippen molar-refractivity contribution in [3.63, 3.8) is 0 Å². The average molecular weight is 557 g/mol. The van der Waals surface area contributed by atoms with Crippen molar-refractivity contribution in [2.24, 2.45) is 0 Å². The molecule has 0 spiro atoms. The lowest BCUT2D eigenvalue weighted by molar-refractivity contribution is -0.142. The van der Waals surface area contributed by atoms with Gasteiger partial charge in [-0.3, -0.25) is 14.4 Å². The lowest BCUT2D eigenvalue weighted by Gasteiger charge is -2.25. The molecule has 1 aliphatic rings. The van der Waals surface area contributed by atoms with Crippen LogP contribution in [0.1, 0.15) is 30.4 Å². The predicted molar refractivity (Wildman–Crippen MR) is 149 cm³/mol. The molecule has 0 saturated carbocycles. The van der Waals surface area contributed by atoms with Gasteiger partial charge in [-0.1, -0.05) is 42.5 Å². The van der Waals surface area contributed by atoms with Crippen molar-refractivity contribution < 1.29 is 29.4 Å². The van der Waals surface area contributed by atoms with Gasteiger partial charge >= 0.3 is 5.97 Å². The van der Waals surface area contributed by atoms with Gasteiger partial charge in [0.15, 0.2) is 0 Å². The summed E-state index contributed by atoms with van der Waals surface area (Å²) in [6.07, 6.45) is 3.88. The first kappa shape index (κ1) is 30.0. The number of phenols is 1. The molecule has 0 aromatic heterocycles. The Labute approximate surface area is 232 Å². The molecule has 3 amide bonds. The van der Waals surface area contributed by atoms with Crippen LogP contribution in [-0.4, -0.2) is 76.6 Å². The van der Waals surface area contributed by atoms with E-state index in [-0.39, 0.29) is 37.0 Å². The molecule has 1 aliphatic heterocycles. The molecule has 39 heavy (non-hydrogen) atoms. The Morgan fingerprint density at radius 3 is 2.05 bits per heavy atom. The number of amides is 3. The maximum absolute atomic E-state index is 13.6. The molecule has 2 aromatic carbocycles. The molecule has 4 unspecified atom stereocenters. The quantitative estimate of drug-likeness (QED) is 0.203. The molecule has 0 radical (unpaired) electrons. The zero-order valence-corrected chi connectivity index (χ0v) is 22.7. The summed E-state index contributed by atoms with van der Waals surface area (Å²) in [5.41, 5.74) is 1.49. The molecule has 2 aromatic rings. The Morgan fingerprint density at radius 1 is 0.897 bits per heavy atom. The first-order valence-electron chi connectivity index (χ1n) is 12.9. The summed E-state index contributed by atoms with van der Waals surface area (Å²) in [7, 11) is 0. The highest BCUT2D eigenvalue weighted by Crippen LogP contribution is 2.13. The van der Waals surface area contributed by atoms with Crippen LogP contribution in [0.4, 0.5) is 0 Å². The Balaban J connectivity index is 1.81. The minimum Gasteiger partial charge on any atom is -0.508 e. The first-order valence-corrected chi connectivity index (χ1v) is 14.3. The molecular formula is C28H36N4O6S. The fourth-order valence-corrected chi connectivity index (χ4v) is 4.83. The van der Waals surface area contributed by atoms with Crippen molar-refractivity contribution >= 4 is 35.5 Å². The van der Waals surface area contributed by atoms with Crippen LogP contribution in [0.2, 0.25) is 0 Å². The zero-order valence-electron chi connectivity index (χ0n) is 21.9. The zero-order chi connectivity index (χ0) is 28.2.